The molecule has 1 saturated carbocycles. The topological polar surface area (TPSA) is 66.8 Å². The van der Waals surface area contributed by atoms with E-state index in [9.17, 15) is 14.7 Å². The van der Waals surface area contributed by atoms with Crippen molar-refractivity contribution in [2.75, 3.05) is 13.7 Å². The van der Waals surface area contributed by atoms with Gasteiger partial charge in [-0.15, -0.1) is 0 Å². The van der Waals surface area contributed by atoms with Crippen LogP contribution in [0.25, 0.3) is 0 Å². The van der Waals surface area contributed by atoms with Crippen molar-refractivity contribution >= 4 is 11.9 Å². The van der Waals surface area contributed by atoms with Crippen molar-refractivity contribution in [3.8, 4) is 5.75 Å². The second-order valence-corrected chi connectivity index (χ2v) is 6.04. The molecule has 0 heterocycles. The Labute approximate surface area is 130 Å². The smallest absolute Gasteiger partial charge is 0.338 e. The van der Waals surface area contributed by atoms with Gasteiger partial charge in [-0.2, -0.15) is 0 Å². The normalized spacial score (nSPS) is 21.2. The first-order valence-corrected chi connectivity index (χ1v) is 7.69. The van der Waals surface area contributed by atoms with E-state index in [1.165, 1.54) is 24.3 Å². The summed E-state index contributed by atoms with van der Waals surface area (Å²) in [6.07, 6.45) is 4.29. The predicted molar refractivity (Wildman–Crippen MR) is 82.6 cm³/mol. The molecule has 1 N–H and O–H groups in total. The molecule has 0 unspecified atom stereocenters. The van der Waals surface area contributed by atoms with Gasteiger partial charge in [-0.25, -0.2) is 4.79 Å². The molecule has 0 spiro atoms. The third-order valence-electron chi connectivity index (χ3n) is 4.36. The van der Waals surface area contributed by atoms with Crippen LogP contribution in [0.2, 0.25) is 0 Å². The lowest BCUT2D eigenvalue weighted by Crippen LogP contribution is -2.41. The van der Waals surface area contributed by atoms with Crippen LogP contribution in [0.3, 0.4) is 0 Å². The zero-order valence-corrected chi connectivity index (χ0v) is 13.1. The molecule has 1 amide bonds. The van der Waals surface area contributed by atoms with E-state index in [-0.39, 0.29) is 24.3 Å². The first kappa shape index (κ1) is 16.3. The van der Waals surface area contributed by atoms with Crippen molar-refractivity contribution < 1.29 is 19.4 Å². The summed E-state index contributed by atoms with van der Waals surface area (Å²) in [7, 11) is 1.78. The van der Waals surface area contributed by atoms with Crippen molar-refractivity contribution in [1.82, 2.24) is 4.90 Å². The Hall–Kier alpha value is -2.04. The zero-order valence-electron chi connectivity index (χ0n) is 13.1. The predicted octanol–water partition coefficient (Wildman–Crippen LogP) is 2.59. The van der Waals surface area contributed by atoms with Gasteiger partial charge in [0, 0.05) is 13.1 Å². The molecule has 2 rings (SSSR count). The molecule has 0 aliphatic heterocycles. The second kappa shape index (κ2) is 7.29. The fourth-order valence-electron chi connectivity index (χ4n) is 2.74. The van der Waals surface area contributed by atoms with Gasteiger partial charge in [0.25, 0.3) is 5.91 Å². The van der Waals surface area contributed by atoms with Gasteiger partial charge >= 0.3 is 5.97 Å². The highest BCUT2D eigenvalue weighted by Crippen LogP contribution is 2.26. The summed E-state index contributed by atoms with van der Waals surface area (Å²) < 4.78 is 5.05. The lowest BCUT2D eigenvalue weighted by molar-refractivity contribution is -0.136. The average molecular weight is 305 g/mol. The van der Waals surface area contributed by atoms with Crippen molar-refractivity contribution in [2.45, 2.75) is 38.6 Å². The van der Waals surface area contributed by atoms with Gasteiger partial charge in [-0.1, -0.05) is 6.92 Å². The van der Waals surface area contributed by atoms with Crippen LogP contribution in [0.4, 0.5) is 0 Å². The van der Waals surface area contributed by atoms with E-state index in [2.05, 4.69) is 6.92 Å². The SMILES string of the molecule is CC1CCC(N(C)C(=O)COC(=O)c2ccc(O)cc2)CC1. The minimum absolute atomic E-state index is 0.0823. The third-order valence-corrected chi connectivity index (χ3v) is 4.36. The summed E-state index contributed by atoms with van der Waals surface area (Å²) in [4.78, 5) is 25.7. The largest absolute Gasteiger partial charge is 0.508 e. The van der Waals surface area contributed by atoms with E-state index in [1.54, 1.807) is 11.9 Å². The van der Waals surface area contributed by atoms with Gasteiger partial charge in [0.05, 0.1) is 5.56 Å². The molecular weight excluding hydrogens is 282 g/mol. The number of nitrogens with zero attached hydrogens (tertiary/aromatic N) is 1. The van der Waals surface area contributed by atoms with Gasteiger partial charge in [0.1, 0.15) is 5.75 Å². The summed E-state index contributed by atoms with van der Waals surface area (Å²) in [6.45, 7) is 1.99. The minimum atomic E-state index is -0.556. The van der Waals surface area contributed by atoms with Crippen LogP contribution in [-0.2, 0) is 9.53 Å². The van der Waals surface area contributed by atoms with E-state index >= 15 is 0 Å². The van der Waals surface area contributed by atoms with Crippen LogP contribution in [-0.4, -0.2) is 41.6 Å². The van der Waals surface area contributed by atoms with Crippen LogP contribution < -0.4 is 0 Å². The molecule has 22 heavy (non-hydrogen) atoms. The second-order valence-electron chi connectivity index (χ2n) is 6.04. The number of aromatic hydroxyl groups is 1. The van der Waals surface area contributed by atoms with E-state index in [1.807, 2.05) is 0 Å². The third kappa shape index (κ3) is 4.23. The molecule has 5 nitrogen and oxygen atoms in total. The number of amides is 1. The molecule has 0 bridgehead atoms. The maximum atomic E-state index is 12.1. The summed E-state index contributed by atoms with van der Waals surface area (Å²) >= 11 is 0. The number of ether oxygens (including phenoxy) is 1. The summed E-state index contributed by atoms with van der Waals surface area (Å²) in [5, 5.41) is 9.18. The van der Waals surface area contributed by atoms with Crippen LogP contribution >= 0.6 is 0 Å². The van der Waals surface area contributed by atoms with Gasteiger partial charge in [0.2, 0.25) is 0 Å². The number of carbonyl (C=O) groups is 2. The molecule has 1 aliphatic rings. The molecule has 0 atom stereocenters. The minimum Gasteiger partial charge on any atom is -0.508 e. The highest BCUT2D eigenvalue weighted by molar-refractivity contribution is 5.91. The quantitative estimate of drug-likeness (QED) is 0.868. The number of phenolic OH excluding ortho intramolecular Hbond substituents is 1. The number of likely N-dealkylation sites (N-methyl/N-ethyl adjacent to an activating group) is 1. The number of benzene rings is 1. The molecule has 1 aromatic rings. The summed E-state index contributed by atoms with van der Waals surface area (Å²) in [6, 6.07) is 6.00. The first-order chi connectivity index (χ1) is 10.5. The van der Waals surface area contributed by atoms with Gasteiger partial charge in [0.15, 0.2) is 6.61 Å². The Morgan fingerprint density at radius 2 is 1.77 bits per heavy atom. The number of hydrogen-bond donors (Lipinski definition) is 1. The lowest BCUT2D eigenvalue weighted by Gasteiger charge is -2.33. The fraction of sp³-hybridized carbons (Fsp3) is 0.529. The molecule has 1 aliphatic carbocycles. The zero-order chi connectivity index (χ0) is 16.1. The number of rotatable bonds is 4. The van der Waals surface area contributed by atoms with Crippen LogP contribution in [0.1, 0.15) is 43.0 Å². The lowest BCUT2D eigenvalue weighted by atomic mass is 9.87. The molecule has 1 fully saturated rings. The highest BCUT2D eigenvalue weighted by atomic mass is 16.5. The maximum Gasteiger partial charge on any atom is 0.338 e. The Kier molecular flexibility index (Phi) is 5.41. The first-order valence-electron chi connectivity index (χ1n) is 7.69. The Balaban J connectivity index is 1.81. The standard InChI is InChI=1S/C17H23NO4/c1-12-3-7-14(8-4-12)18(2)16(20)11-22-17(21)13-5-9-15(19)10-6-13/h5-6,9-10,12,14,19H,3-4,7-8,11H2,1-2H3. The van der Waals surface area contributed by atoms with Crippen LogP contribution in [0.5, 0.6) is 5.75 Å². The van der Waals surface area contributed by atoms with Gasteiger partial charge < -0.3 is 14.7 Å². The number of hydrogen-bond acceptors (Lipinski definition) is 4. The monoisotopic (exact) mass is 305 g/mol. The number of phenols is 1. The number of carbonyl (C=O) groups excluding carboxylic acids is 2. The van der Waals surface area contributed by atoms with Gasteiger partial charge in [-0.3, -0.25) is 4.79 Å². The van der Waals surface area contributed by atoms with Crippen molar-refractivity contribution in [3.63, 3.8) is 0 Å². The van der Waals surface area contributed by atoms with Gasteiger partial charge in [-0.05, 0) is 55.9 Å². The molecule has 120 valence electrons. The van der Waals surface area contributed by atoms with E-state index in [4.69, 9.17) is 4.74 Å². The van der Waals surface area contributed by atoms with Crippen molar-refractivity contribution in [1.29, 1.82) is 0 Å². The Bertz CT molecular complexity index is 518. The van der Waals surface area contributed by atoms with Crippen molar-refractivity contribution in [3.05, 3.63) is 29.8 Å². The molecular formula is C17H23NO4. The number of esters is 1. The van der Waals surface area contributed by atoms with E-state index in [0.29, 0.717) is 5.56 Å². The van der Waals surface area contributed by atoms with Crippen LogP contribution in [0.15, 0.2) is 24.3 Å². The Morgan fingerprint density at radius 3 is 2.36 bits per heavy atom. The highest BCUT2D eigenvalue weighted by Gasteiger charge is 2.25. The average Bonchev–Trinajstić information content (AvgIpc) is 2.53. The summed E-state index contributed by atoms with van der Waals surface area (Å²) in [5.74, 6) is 0.0802. The maximum absolute atomic E-state index is 12.1. The fourth-order valence-corrected chi connectivity index (χ4v) is 2.74. The Morgan fingerprint density at radius 1 is 1.18 bits per heavy atom. The van der Waals surface area contributed by atoms with Crippen LogP contribution in [0, 0.1) is 5.92 Å². The molecule has 0 saturated heterocycles. The van der Waals surface area contributed by atoms with Crippen molar-refractivity contribution in [2.24, 2.45) is 5.92 Å². The molecule has 0 aromatic heterocycles. The molecule has 5 heteroatoms. The van der Waals surface area contributed by atoms with E-state index in [0.717, 1.165) is 31.6 Å². The molecule has 0 radical (unpaired) electrons. The summed E-state index contributed by atoms with van der Waals surface area (Å²) in [5.41, 5.74) is 0.319. The molecule has 1 aromatic carbocycles. The van der Waals surface area contributed by atoms with E-state index < -0.39 is 5.97 Å².